The van der Waals surface area contributed by atoms with Gasteiger partial charge in [-0.25, -0.2) is 10.2 Å². The molecule has 3 aromatic rings. The minimum absolute atomic E-state index is 0.110. The molecule has 0 radical (unpaired) electrons. The third kappa shape index (κ3) is 5.30. The number of hydrogen-bond donors (Lipinski definition) is 1. The number of ether oxygens (including phenoxy) is 1. The van der Waals surface area contributed by atoms with Crippen LogP contribution >= 0.6 is 0 Å². The lowest BCUT2D eigenvalue weighted by atomic mass is 10.2. The maximum absolute atomic E-state index is 12.1. The van der Waals surface area contributed by atoms with E-state index in [0.29, 0.717) is 16.9 Å². The molecule has 0 fully saturated rings. The SMILES string of the molecule is O=C(NN=Cc1ccc(OC(=O)c2ccc([N+](=O)[O-])cc2)cc1)c1cccnc1. The second-order valence-corrected chi connectivity index (χ2v) is 5.70. The fraction of sp³-hybridized carbons (Fsp3) is 0. The van der Waals surface area contributed by atoms with E-state index in [0.717, 1.165) is 0 Å². The van der Waals surface area contributed by atoms with Gasteiger partial charge in [-0.2, -0.15) is 5.10 Å². The van der Waals surface area contributed by atoms with E-state index in [1.807, 2.05) is 0 Å². The van der Waals surface area contributed by atoms with Crippen LogP contribution in [0.4, 0.5) is 5.69 Å². The number of aromatic nitrogens is 1. The second-order valence-electron chi connectivity index (χ2n) is 5.70. The van der Waals surface area contributed by atoms with Crippen molar-refractivity contribution >= 4 is 23.8 Å². The summed E-state index contributed by atoms with van der Waals surface area (Å²) in [6, 6.07) is 14.8. The van der Waals surface area contributed by atoms with Crippen LogP contribution in [0.2, 0.25) is 0 Å². The van der Waals surface area contributed by atoms with Crippen LogP contribution in [-0.2, 0) is 0 Å². The number of nitro groups is 1. The van der Waals surface area contributed by atoms with Crippen molar-refractivity contribution in [3.05, 3.63) is 99.9 Å². The molecule has 0 aliphatic rings. The summed E-state index contributed by atoms with van der Waals surface area (Å²) in [5.74, 6) is -0.724. The largest absolute Gasteiger partial charge is 0.423 e. The van der Waals surface area contributed by atoms with Gasteiger partial charge >= 0.3 is 5.97 Å². The third-order valence-corrected chi connectivity index (χ3v) is 3.71. The number of carbonyl (C=O) groups is 2. The Morgan fingerprint density at radius 1 is 1.03 bits per heavy atom. The van der Waals surface area contributed by atoms with E-state index >= 15 is 0 Å². The minimum atomic E-state index is -0.634. The monoisotopic (exact) mass is 390 g/mol. The first-order valence-electron chi connectivity index (χ1n) is 8.33. The van der Waals surface area contributed by atoms with E-state index in [9.17, 15) is 19.7 Å². The molecule has 1 aromatic heterocycles. The van der Waals surface area contributed by atoms with Crippen LogP contribution < -0.4 is 10.2 Å². The molecule has 0 saturated heterocycles. The maximum atomic E-state index is 12.1. The average Bonchev–Trinajstić information content (AvgIpc) is 2.75. The maximum Gasteiger partial charge on any atom is 0.343 e. The number of esters is 1. The number of carbonyl (C=O) groups excluding carboxylic acids is 2. The number of rotatable bonds is 6. The summed E-state index contributed by atoms with van der Waals surface area (Å²) in [6.45, 7) is 0. The Labute approximate surface area is 164 Å². The molecule has 0 bridgehead atoms. The summed E-state index contributed by atoms with van der Waals surface area (Å²) < 4.78 is 5.23. The van der Waals surface area contributed by atoms with Crippen molar-refractivity contribution in [2.24, 2.45) is 5.10 Å². The zero-order chi connectivity index (χ0) is 20.6. The van der Waals surface area contributed by atoms with E-state index in [2.05, 4.69) is 15.5 Å². The Kier molecular flexibility index (Phi) is 6.01. The topological polar surface area (TPSA) is 124 Å². The van der Waals surface area contributed by atoms with Crippen molar-refractivity contribution in [2.75, 3.05) is 0 Å². The molecule has 0 spiro atoms. The van der Waals surface area contributed by atoms with Gasteiger partial charge in [-0.05, 0) is 54.1 Å². The van der Waals surface area contributed by atoms with Crippen molar-refractivity contribution in [2.45, 2.75) is 0 Å². The number of nitro benzene ring substituents is 1. The number of nitrogens with one attached hydrogen (secondary N) is 1. The molecule has 9 heteroatoms. The Morgan fingerprint density at radius 2 is 1.76 bits per heavy atom. The number of pyridine rings is 1. The lowest BCUT2D eigenvalue weighted by molar-refractivity contribution is -0.384. The highest BCUT2D eigenvalue weighted by atomic mass is 16.6. The van der Waals surface area contributed by atoms with Crippen LogP contribution in [-0.4, -0.2) is 28.0 Å². The number of benzene rings is 2. The molecule has 1 amide bonds. The van der Waals surface area contributed by atoms with Gasteiger partial charge in [0.2, 0.25) is 0 Å². The number of hydrazone groups is 1. The van der Waals surface area contributed by atoms with Gasteiger partial charge in [0, 0.05) is 24.5 Å². The van der Waals surface area contributed by atoms with Gasteiger partial charge in [0.05, 0.1) is 22.3 Å². The first-order valence-corrected chi connectivity index (χ1v) is 8.33. The Hall–Kier alpha value is -4.40. The molecular formula is C20H14N4O5. The van der Waals surface area contributed by atoms with E-state index < -0.39 is 10.9 Å². The zero-order valence-corrected chi connectivity index (χ0v) is 14.9. The molecule has 29 heavy (non-hydrogen) atoms. The van der Waals surface area contributed by atoms with Gasteiger partial charge in [0.25, 0.3) is 11.6 Å². The minimum Gasteiger partial charge on any atom is -0.423 e. The number of non-ortho nitro benzene ring substituents is 1. The van der Waals surface area contributed by atoms with Gasteiger partial charge in [-0.3, -0.25) is 19.9 Å². The van der Waals surface area contributed by atoms with Gasteiger partial charge in [-0.1, -0.05) is 0 Å². The fourth-order valence-corrected chi connectivity index (χ4v) is 2.23. The fourth-order valence-electron chi connectivity index (χ4n) is 2.23. The summed E-state index contributed by atoms with van der Waals surface area (Å²) in [5.41, 5.74) is 3.53. The molecule has 0 unspecified atom stereocenters. The average molecular weight is 390 g/mol. The Bertz CT molecular complexity index is 1050. The van der Waals surface area contributed by atoms with Crippen molar-refractivity contribution in [3.63, 3.8) is 0 Å². The molecule has 2 aromatic carbocycles. The van der Waals surface area contributed by atoms with E-state index in [1.165, 1.54) is 36.7 Å². The van der Waals surface area contributed by atoms with Crippen LogP contribution in [0.5, 0.6) is 5.75 Å². The Morgan fingerprint density at radius 3 is 2.38 bits per heavy atom. The van der Waals surface area contributed by atoms with Crippen LogP contribution in [0.15, 0.2) is 78.2 Å². The van der Waals surface area contributed by atoms with Crippen LogP contribution in [0.25, 0.3) is 0 Å². The van der Waals surface area contributed by atoms with Crippen LogP contribution in [0.1, 0.15) is 26.3 Å². The van der Waals surface area contributed by atoms with Crippen molar-refractivity contribution in [1.82, 2.24) is 10.4 Å². The molecule has 0 aliphatic carbocycles. The quantitative estimate of drug-likeness (QED) is 0.227. The summed E-state index contributed by atoms with van der Waals surface area (Å²) >= 11 is 0. The predicted octanol–water partition coefficient (Wildman–Crippen LogP) is 2.97. The van der Waals surface area contributed by atoms with Gasteiger partial charge in [0.1, 0.15) is 5.75 Å². The third-order valence-electron chi connectivity index (χ3n) is 3.71. The molecule has 0 saturated carbocycles. The Balaban J connectivity index is 1.56. The van der Waals surface area contributed by atoms with Crippen LogP contribution in [0.3, 0.4) is 0 Å². The molecule has 1 N–H and O–H groups in total. The molecule has 0 aliphatic heterocycles. The molecule has 144 valence electrons. The van der Waals surface area contributed by atoms with Gasteiger partial charge < -0.3 is 4.74 Å². The van der Waals surface area contributed by atoms with Crippen LogP contribution in [0, 0.1) is 10.1 Å². The number of hydrogen-bond acceptors (Lipinski definition) is 7. The summed E-state index contributed by atoms with van der Waals surface area (Å²) in [5, 5.41) is 14.5. The van der Waals surface area contributed by atoms with E-state index in [4.69, 9.17) is 4.74 Å². The first kappa shape index (κ1) is 19.4. The van der Waals surface area contributed by atoms with Crippen molar-refractivity contribution in [3.8, 4) is 5.75 Å². The lowest BCUT2D eigenvalue weighted by Crippen LogP contribution is -2.17. The van der Waals surface area contributed by atoms with Gasteiger partial charge in [-0.15, -0.1) is 0 Å². The smallest absolute Gasteiger partial charge is 0.343 e. The molecule has 9 nitrogen and oxygen atoms in total. The van der Waals surface area contributed by atoms with Crippen molar-refractivity contribution < 1.29 is 19.2 Å². The number of amides is 1. The molecule has 1 heterocycles. The highest BCUT2D eigenvalue weighted by molar-refractivity contribution is 5.94. The first-order chi connectivity index (χ1) is 14.0. The predicted molar refractivity (Wildman–Crippen MR) is 104 cm³/mol. The number of nitrogens with zero attached hydrogens (tertiary/aromatic N) is 3. The normalized spacial score (nSPS) is 10.5. The highest BCUT2D eigenvalue weighted by Gasteiger charge is 2.11. The zero-order valence-electron chi connectivity index (χ0n) is 14.9. The van der Waals surface area contributed by atoms with E-state index in [-0.39, 0.29) is 17.2 Å². The second kappa shape index (κ2) is 9.00. The summed E-state index contributed by atoms with van der Waals surface area (Å²) in [4.78, 5) is 37.9. The standard InChI is InChI=1S/C20H14N4O5/c25-19(16-2-1-11-21-13-16)23-22-12-14-3-9-18(10-4-14)29-20(26)15-5-7-17(8-6-15)24(27)28/h1-13H,(H,23,25). The van der Waals surface area contributed by atoms with E-state index in [1.54, 1.807) is 42.6 Å². The van der Waals surface area contributed by atoms with Crippen molar-refractivity contribution in [1.29, 1.82) is 0 Å². The van der Waals surface area contributed by atoms with Gasteiger partial charge in [0.15, 0.2) is 0 Å². The molecule has 3 rings (SSSR count). The lowest BCUT2D eigenvalue weighted by Gasteiger charge is -2.04. The summed E-state index contributed by atoms with van der Waals surface area (Å²) in [6.07, 6.45) is 4.44. The summed E-state index contributed by atoms with van der Waals surface area (Å²) in [7, 11) is 0. The highest BCUT2D eigenvalue weighted by Crippen LogP contribution is 2.16. The molecule has 0 atom stereocenters. The molecular weight excluding hydrogens is 376 g/mol.